The Kier molecular flexibility index (Phi) is 3.70. The van der Waals surface area contributed by atoms with Gasteiger partial charge in [-0.2, -0.15) is 0 Å². The summed E-state index contributed by atoms with van der Waals surface area (Å²) in [5.74, 6) is 0.455. The van der Waals surface area contributed by atoms with E-state index in [1.165, 1.54) is 6.08 Å². The van der Waals surface area contributed by atoms with Crippen LogP contribution in [0.3, 0.4) is 0 Å². The van der Waals surface area contributed by atoms with Gasteiger partial charge < -0.3 is 10.0 Å². The van der Waals surface area contributed by atoms with Gasteiger partial charge in [0.05, 0.1) is 0 Å². The fourth-order valence-electron chi connectivity index (χ4n) is 2.40. The average molecular weight is 245 g/mol. The van der Waals surface area contributed by atoms with Crippen molar-refractivity contribution < 1.29 is 9.90 Å². The molecular formula is C15H19NO2. The Balaban J connectivity index is 2.25. The number of nitrogens with zero attached hydrogens (tertiary/aromatic N) is 1. The van der Waals surface area contributed by atoms with Crippen LogP contribution in [0.4, 0.5) is 5.69 Å². The van der Waals surface area contributed by atoms with Crippen molar-refractivity contribution in [2.75, 3.05) is 18.0 Å². The Morgan fingerprint density at radius 3 is 2.50 bits per heavy atom. The van der Waals surface area contributed by atoms with Crippen molar-refractivity contribution in [2.45, 2.75) is 13.8 Å². The largest absolute Gasteiger partial charge is 0.478 e. The maximum Gasteiger partial charge on any atom is 0.328 e. The number of carbonyl (C=O) groups is 1. The SMILES string of the molecule is CC1CN(c2ccccc2C=CC(=O)O)CC1C. The molecule has 0 radical (unpaired) electrons. The van der Waals surface area contributed by atoms with Gasteiger partial charge in [0.25, 0.3) is 0 Å². The number of benzene rings is 1. The molecule has 2 rings (SSSR count). The predicted octanol–water partition coefficient (Wildman–Crippen LogP) is 2.88. The highest BCUT2D eigenvalue weighted by Gasteiger charge is 2.26. The highest BCUT2D eigenvalue weighted by atomic mass is 16.4. The number of hydrogen-bond donors (Lipinski definition) is 1. The van der Waals surface area contributed by atoms with Crippen molar-refractivity contribution in [3.05, 3.63) is 35.9 Å². The topological polar surface area (TPSA) is 40.5 Å². The standard InChI is InChI=1S/C15H19NO2/c1-11-9-16(10-12(11)2)14-6-4-3-5-13(14)7-8-15(17)18/h3-8,11-12H,9-10H2,1-2H3,(H,17,18). The lowest BCUT2D eigenvalue weighted by Crippen LogP contribution is -2.20. The smallest absolute Gasteiger partial charge is 0.328 e. The summed E-state index contributed by atoms with van der Waals surface area (Å²) in [5.41, 5.74) is 2.10. The normalized spacial score (nSPS) is 23.8. The van der Waals surface area contributed by atoms with Crippen LogP contribution in [0.15, 0.2) is 30.3 Å². The molecule has 0 amide bonds. The van der Waals surface area contributed by atoms with Gasteiger partial charge in [0.2, 0.25) is 0 Å². The molecule has 0 saturated carbocycles. The minimum absolute atomic E-state index is 0.682. The number of anilines is 1. The molecule has 1 aromatic rings. The van der Waals surface area contributed by atoms with E-state index < -0.39 is 5.97 Å². The zero-order valence-corrected chi connectivity index (χ0v) is 10.8. The van der Waals surface area contributed by atoms with Gasteiger partial charge in [-0.15, -0.1) is 0 Å². The second-order valence-electron chi connectivity index (χ2n) is 5.09. The van der Waals surface area contributed by atoms with Gasteiger partial charge in [-0.1, -0.05) is 32.0 Å². The number of hydrogen-bond acceptors (Lipinski definition) is 2. The van der Waals surface area contributed by atoms with Crippen LogP contribution in [0.5, 0.6) is 0 Å². The van der Waals surface area contributed by atoms with Crippen molar-refractivity contribution in [2.24, 2.45) is 11.8 Å². The van der Waals surface area contributed by atoms with Crippen molar-refractivity contribution in [1.82, 2.24) is 0 Å². The lowest BCUT2D eigenvalue weighted by Gasteiger charge is -2.20. The lowest BCUT2D eigenvalue weighted by atomic mass is 10.0. The minimum Gasteiger partial charge on any atom is -0.478 e. The van der Waals surface area contributed by atoms with E-state index in [1.807, 2.05) is 18.2 Å². The molecule has 0 aliphatic carbocycles. The van der Waals surface area contributed by atoms with Crippen LogP contribution in [0.1, 0.15) is 19.4 Å². The Labute approximate surface area is 108 Å². The molecule has 1 N–H and O–H groups in total. The monoisotopic (exact) mass is 245 g/mol. The molecule has 1 fully saturated rings. The van der Waals surface area contributed by atoms with Crippen LogP contribution in [-0.2, 0) is 4.79 Å². The van der Waals surface area contributed by atoms with Gasteiger partial charge in [-0.05, 0) is 29.5 Å². The summed E-state index contributed by atoms with van der Waals surface area (Å²) in [4.78, 5) is 13.0. The quantitative estimate of drug-likeness (QED) is 0.832. The second-order valence-corrected chi connectivity index (χ2v) is 5.09. The molecule has 96 valence electrons. The molecular weight excluding hydrogens is 226 g/mol. The van der Waals surface area contributed by atoms with Crippen LogP contribution in [0.2, 0.25) is 0 Å². The van der Waals surface area contributed by atoms with Gasteiger partial charge in [-0.3, -0.25) is 0 Å². The predicted molar refractivity (Wildman–Crippen MR) is 73.7 cm³/mol. The number of para-hydroxylation sites is 1. The Bertz CT molecular complexity index is 457. The van der Waals surface area contributed by atoms with Crippen LogP contribution in [-0.4, -0.2) is 24.2 Å². The molecule has 1 aliphatic heterocycles. The molecule has 1 aliphatic rings. The molecule has 1 aromatic carbocycles. The molecule has 0 aromatic heterocycles. The van der Waals surface area contributed by atoms with Crippen molar-refractivity contribution in [1.29, 1.82) is 0 Å². The zero-order chi connectivity index (χ0) is 13.1. The van der Waals surface area contributed by atoms with Crippen molar-refractivity contribution in [3.8, 4) is 0 Å². The minimum atomic E-state index is -0.909. The molecule has 3 nitrogen and oxygen atoms in total. The van der Waals surface area contributed by atoms with E-state index in [1.54, 1.807) is 6.08 Å². The number of carboxylic acids is 1. The third-order valence-electron chi connectivity index (χ3n) is 3.67. The van der Waals surface area contributed by atoms with Crippen LogP contribution < -0.4 is 4.90 Å². The second kappa shape index (κ2) is 5.25. The maximum atomic E-state index is 10.6. The first-order valence-corrected chi connectivity index (χ1v) is 6.33. The summed E-state index contributed by atoms with van der Waals surface area (Å²) in [5, 5.41) is 8.71. The molecule has 0 spiro atoms. The highest BCUT2D eigenvalue weighted by Crippen LogP contribution is 2.30. The Morgan fingerprint density at radius 1 is 1.28 bits per heavy atom. The average Bonchev–Trinajstić information content (AvgIpc) is 2.67. The lowest BCUT2D eigenvalue weighted by molar-refractivity contribution is -0.131. The van der Waals surface area contributed by atoms with Gasteiger partial charge >= 0.3 is 5.97 Å². The molecule has 18 heavy (non-hydrogen) atoms. The van der Waals surface area contributed by atoms with Crippen LogP contribution in [0, 0.1) is 11.8 Å². The summed E-state index contributed by atoms with van der Waals surface area (Å²) in [6.07, 6.45) is 2.87. The number of carboxylic acid groups (broad SMARTS) is 1. The first kappa shape index (κ1) is 12.7. The fraction of sp³-hybridized carbons (Fsp3) is 0.400. The van der Waals surface area contributed by atoms with E-state index in [4.69, 9.17) is 5.11 Å². The molecule has 2 atom stereocenters. The zero-order valence-electron chi connectivity index (χ0n) is 10.8. The first-order valence-electron chi connectivity index (χ1n) is 6.33. The van der Waals surface area contributed by atoms with E-state index in [0.717, 1.165) is 24.3 Å². The number of rotatable bonds is 3. The highest BCUT2D eigenvalue weighted by molar-refractivity contribution is 5.87. The van der Waals surface area contributed by atoms with Gasteiger partial charge in [0, 0.05) is 24.9 Å². The van der Waals surface area contributed by atoms with Crippen molar-refractivity contribution in [3.63, 3.8) is 0 Å². The summed E-state index contributed by atoms with van der Waals surface area (Å²) in [6, 6.07) is 7.96. The maximum absolute atomic E-state index is 10.6. The van der Waals surface area contributed by atoms with Crippen molar-refractivity contribution >= 4 is 17.7 Å². The van der Waals surface area contributed by atoms with Gasteiger partial charge in [0.1, 0.15) is 0 Å². The van der Waals surface area contributed by atoms with Gasteiger partial charge in [0.15, 0.2) is 0 Å². The summed E-state index contributed by atoms with van der Waals surface area (Å²) < 4.78 is 0. The van der Waals surface area contributed by atoms with E-state index in [9.17, 15) is 4.79 Å². The Morgan fingerprint density at radius 2 is 1.89 bits per heavy atom. The van der Waals surface area contributed by atoms with Gasteiger partial charge in [-0.25, -0.2) is 4.79 Å². The summed E-state index contributed by atoms with van der Waals surface area (Å²) in [7, 11) is 0. The van der Waals surface area contributed by atoms with Crippen LogP contribution >= 0.6 is 0 Å². The molecule has 1 heterocycles. The Hall–Kier alpha value is -1.77. The van der Waals surface area contributed by atoms with Crippen LogP contribution in [0.25, 0.3) is 6.08 Å². The molecule has 2 unspecified atom stereocenters. The summed E-state index contributed by atoms with van der Waals surface area (Å²) >= 11 is 0. The van der Waals surface area contributed by atoms with E-state index in [0.29, 0.717) is 11.8 Å². The third-order valence-corrected chi connectivity index (χ3v) is 3.67. The molecule has 3 heteroatoms. The number of aliphatic carboxylic acids is 1. The first-order chi connectivity index (χ1) is 8.58. The molecule has 1 saturated heterocycles. The van der Waals surface area contributed by atoms with E-state index in [2.05, 4.69) is 24.8 Å². The fourth-order valence-corrected chi connectivity index (χ4v) is 2.40. The van der Waals surface area contributed by atoms with E-state index >= 15 is 0 Å². The van der Waals surface area contributed by atoms with E-state index in [-0.39, 0.29) is 0 Å². The molecule has 0 bridgehead atoms. The third kappa shape index (κ3) is 2.73. The summed E-state index contributed by atoms with van der Waals surface area (Å²) in [6.45, 7) is 6.61.